The lowest BCUT2D eigenvalue weighted by atomic mass is 10.2. The fraction of sp³-hybridized carbons (Fsp3) is 0.118. The summed E-state index contributed by atoms with van der Waals surface area (Å²) in [6, 6.07) is 12.3. The minimum atomic E-state index is 0.735. The molecule has 0 aliphatic carbocycles. The van der Waals surface area contributed by atoms with Gasteiger partial charge in [-0.3, -0.25) is 5.43 Å². The topological polar surface area (TPSA) is 66.0 Å². The van der Waals surface area contributed by atoms with Crippen molar-refractivity contribution in [3.63, 3.8) is 0 Å². The third-order valence-corrected chi connectivity index (χ3v) is 4.84. The summed E-state index contributed by atoms with van der Waals surface area (Å²) in [7, 11) is 0. The average molecular weight is 321 g/mol. The zero-order chi connectivity index (χ0) is 15.6. The molecule has 0 unspecified atom stereocenters. The van der Waals surface area contributed by atoms with Gasteiger partial charge in [-0.05, 0) is 24.6 Å². The number of nitrogens with one attached hydrogen (secondary N) is 2. The predicted octanol–water partition coefficient (Wildman–Crippen LogP) is 4.18. The molecule has 0 amide bonds. The summed E-state index contributed by atoms with van der Waals surface area (Å²) in [6.45, 7) is 2.14. The fourth-order valence-corrected chi connectivity index (χ4v) is 3.43. The van der Waals surface area contributed by atoms with E-state index in [1.54, 1.807) is 23.9 Å². The van der Waals surface area contributed by atoms with E-state index in [1.807, 2.05) is 18.2 Å². The Labute approximate surface area is 137 Å². The Bertz CT molecular complexity index is 965. The van der Waals surface area contributed by atoms with E-state index in [4.69, 9.17) is 0 Å². The van der Waals surface area contributed by atoms with Crippen molar-refractivity contribution in [2.75, 3.05) is 5.43 Å². The highest BCUT2D eigenvalue weighted by molar-refractivity contribution is 7.18. The maximum absolute atomic E-state index is 4.31. The molecule has 0 aliphatic heterocycles. The number of rotatable bonds is 4. The van der Waals surface area contributed by atoms with Gasteiger partial charge in [0, 0.05) is 15.8 Å². The van der Waals surface area contributed by atoms with E-state index in [2.05, 4.69) is 50.6 Å². The van der Waals surface area contributed by atoms with Crippen LogP contribution in [-0.2, 0) is 6.42 Å². The van der Waals surface area contributed by atoms with Gasteiger partial charge in [-0.15, -0.1) is 11.3 Å². The lowest BCUT2D eigenvalue weighted by Gasteiger charge is -1.99. The highest BCUT2D eigenvalue weighted by atomic mass is 32.1. The van der Waals surface area contributed by atoms with Gasteiger partial charge in [0.1, 0.15) is 11.2 Å². The third-order valence-electron chi connectivity index (χ3n) is 3.65. The van der Waals surface area contributed by atoms with Crippen LogP contribution >= 0.6 is 11.3 Å². The number of fused-ring (bicyclic) bond motifs is 2. The summed E-state index contributed by atoms with van der Waals surface area (Å²) in [5.74, 6) is 0.735. The van der Waals surface area contributed by atoms with E-state index in [0.717, 1.165) is 33.7 Å². The molecule has 2 N–H and O–H groups in total. The molecule has 0 bridgehead atoms. The Morgan fingerprint density at radius 3 is 3.04 bits per heavy atom. The molecule has 114 valence electrons. The van der Waals surface area contributed by atoms with Crippen molar-refractivity contribution < 1.29 is 0 Å². The van der Waals surface area contributed by atoms with Crippen LogP contribution in [0.4, 0.5) is 5.82 Å². The van der Waals surface area contributed by atoms with Crippen LogP contribution < -0.4 is 5.43 Å². The molecular weight excluding hydrogens is 306 g/mol. The quantitative estimate of drug-likeness (QED) is 0.438. The van der Waals surface area contributed by atoms with Crippen LogP contribution in [0.1, 0.15) is 17.5 Å². The highest BCUT2D eigenvalue weighted by Crippen LogP contribution is 2.28. The number of H-pyrrole nitrogens is 1. The Morgan fingerprint density at radius 1 is 1.26 bits per heavy atom. The number of hydrazone groups is 1. The third kappa shape index (κ3) is 2.68. The lowest BCUT2D eigenvalue weighted by molar-refractivity contribution is 1.18. The second-order valence-electron chi connectivity index (χ2n) is 5.19. The molecule has 3 aromatic heterocycles. The summed E-state index contributed by atoms with van der Waals surface area (Å²) in [5, 5.41) is 6.49. The van der Waals surface area contributed by atoms with Crippen LogP contribution in [0.3, 0.4) is 0 Å². The van der Waals surface area contributed by atoms with Gasteiger partial charge < -0.3 is 4.98 Å². The van der Waals surface area contributed by atoms with Gasteiger partial charge in [-0.2, -0.15) is 5.10 Å². The van der Waals surface area contributed by atoms with Crippen LogP contribution in [0.2, 0.25) is 0 Å². The standard InChI is InChI=1S/C17H15N5S/c1-2-13-8-14-16(18-10-19-17(14)23-13)22-20-9-12-7-11-5-3-4-6-15(11)21-12/h3-10,21H,2H2,1H3,(H,18,19,22). The van der Waals surface area contributed by atoms with Crippen molar-refractivity contribution in [2.45, 2.75) is 13.3 Å². The first-order valence-electron chi connectivity index (χ1n) is 7.44. The molecule has 0 fully saturated rings. The van der Waals surface area contributed by atoms with E-state index in [9.17, 15) is 0 Å². The first-order chi connectivity index (χ1) is 11.3. The van der Waals surface area contributed by atoms with E-state index >= 15 is 0 Å². The number of benzene rings is 1. The smallest absolute Gasteiger partial charge is 0.158 e. The summed E-state index contributed by atoms with van der Waals surface area (Å²) in [5.41, 5.74) is 5.07. The minimum absolute atomic E-state index is 0.735. The van der Waals surface area contributed by atoms with Gasteiger partial charge in [0.15, 0.2) is 5.82 Å². The number of para-hydroxylation sites is 1. The molecule has 0 radical (unpaired) electrons. The number of aromatic nitrogens is 3. The largest absolute Gasteiger partial charge is 0.354 e. The van der Waals surface area contributed by atoms with E-state index in [0.29, 0.717) is 0 Å². The van der Waals surface area contributed by atoms with E-state index in [-0.39, 0.29) is 0 Å². The second kappa shape index (κ2) is 5.81. The van der Waals surface area contributed by atoms with E-state index < -0.39 is 0 Å². The molecule has 3 heterocycles. The van der Waals surface area contributed by atoms with Crippen molar-refractivity contribution in [1.82, 2.24) is 15.0 Å². The SMILES string of the molecule is CCc1cc2c(NN=Cc3cc4ccccc4[nH]3)ncnc2s1. The van der Waals surface area contributed by atoms with Gasteiger partial charge >= 0.3 is 0 Å². The van der Waals surface area contributed by atoms with Crippen LogP contribution in [0.15, 0.2) is 47.8 Å². The predicted molar refractivity (Wildman–Crippen MR) is 96.3 cm³/mol. The first kappa shape index (κ1) is 13.9. The van der Waals surface area contributed by atoms with Gasteiger partial charge in [0.05, 0.1) is 17.3 Å². The summed E-state index contributed by atoms with van der Waals surface area (Å²) < 4.78 is 0. The second-order valence-corrected chi connectivity index (χ2v) is 6.30. The summed E-state index contributed by atoms with van der Waals surface area (Å²) >= 11 is 1.70. The number of hydrogen-bond donors (Lipinski definition) is 2. The van der Waals surface area contributed by atoms with Gasteiger partial charge in [-0.25, -0.2) is 9.97 Å². The molecule has 23 heavy (non-hydrogen) atoms. The number of aromatic amines is 1. The van der Waals surface area contributed by atoms with E-state index in [1.165, 1.54) is 10.3 Å². The average Bonchev–Trinajstić information content (AvgIpc) is 3.18. The van der Waals surface area contributed by atoms with Crippen molar-refractivity contribution in [2.24, 2.45) is 5.10 Å². The zero-order valence-corrected chi connectivity index (χ0v) is 13.4. The maximum Gasteiger partial charge on any atom is 0.158 e. The highest BCUT2D eigenvalue weighted by Gasteiger charge is 2.07. The van der Waals surface area contributed by atoms with Crippen molar-refractivity contribution in [3.05, 3.63) is 53.3 Å². The van der Waals surface area contributed by atoms with Crippen LogP contribution in [-0.4, -0.2) is 21.2 Å². The molecule has 0 saturated carbocycles. The first-order valence-corrected chi connectivity index (χ1v) is 8.25. The molecule has 4 aromatic rings. The molecule has 0 aliphatic rings. The molecule has 0 atom stereocenters. The molecule has 1 aromatic carbocycles. The number of aryl methyl sites for hydroxylation is 1. The van der Waals surface area contributed by atoms with Gasteiger partial charge in [0.2, 0.25) is 0 Å². The van der Waals surface area contributed by atoms with Gasteiger partial charge in [0.25, 0.3) is 0 Å². The zero-order valence-electron chi connectivity index (χ0n) is 12.6. The molecule has 0 spiro atoms. The molecular formula is C17H15N5S. The number of nitrogens with zero attached hydrogens (tertiary/aromatic N) is 3. The Hall–Kier alpha value is -2.73. The minimum Gasteiger partial charge on any atom is -0.354 e. The fourth-order valence-electron chi connectivity index (χ4n) is 2.50. The Balaban J connectivity index is 1.59. The number of hydrogen-bond acceptors (Lipinski definition) is 5. The monoisotopic (exact) mass is 321 g/mol. The van der Waals surface area contributed by atoms with Crippen molar-refractivity contribution in [3.8, 4) is 0 Å². The molecule has 0 saturated heterocycles. The number of anilines is 1. The lowest BCUT2D eigenvalue weighted by Crippen LogP contribution is -1.94. The number of thiophene rings is 1. The maximum atomic E-state index is 4.31. The molecule has 4 rings (SSSR count). The van der Waals surface area contributed by atoms with Crippen molar-refractivity contribution >= 4 is 44.5 Å². The van der Waals surface area contributed by atoms with Crippen molar-refractivity contribution in [1.29, 1.82) is 0 Å². The van der Waals surface area contributed by atoms with Gasteiger partial charge in [-0.1, -0.05) is 25.1 Å². The molecule has 5 nitrogen and oxygen atoms in total. The van der Waals surface area contributed by atoms with Crippen LogP contribution in [0.5, 0.6) is 0 Å². The summed E-state index contributed by atoms with van der Waals surface area (Å²) in [4.78, 5) is 14.2. The van der Waals surface area contributed by atoms with Crippen LogP contribution in [0.25, 0.3) is 21.1 Å². The van der Waals surface area contributed by atoms with Crippen LogP contribution in [0, 0.1) is 0 Å². The molecule has 6 heteroatoms. The Morgan fingerprint density at radius 2 is 2.17 bits per heavy atom. The Kier molecular flexibility index (Phi) is 3.51. The normalized spacial score (nSPS) is 11.7. The summed E-state index contributed by atoms with van der Waals surface area (Å²) in [6.07, 6.45) is 4.33.